The van der Waals surface area contributed by atoms with Gasteiger partial charge in [0.1, 0.15) is 5.69 Å². The zero-order valence-corrected chi connectivity index (χ0v) is 23.3. The lowest BCUT2D eigenvalue weighted by molar-refractivity contribution is -0.137. The van der Waals surface area contributed by atoms with Crippen LogP contribution in [-0.2, 0) is 25.7 Å². The number of urea groups is 1. The summed E-state index contributed by atoms with van der Waals surface area (Å²) in [6.07, 6.45) is 9.48. The zero-order valence-electron chi connectivity index (χ0n) is 22.5. The number of rotatable bonds is 14. The van der Waals surface area contributed by atoms with Crippen molar-refractivity contribution >= 4 is 41.7 Å². The molecule has 0 aliphatic carbocycles. The Hall–Kier alpha value is -3.26. The van der Waals surface area contributed by atoms with Gasteiger partial charge in [-0.15, -0.1) is 5.10 Å². The molecule has 4 heterocycles. The molecule has 13 nitrogen and oxygen atoms in total. The van der Waals surface area contributed by atoms with Crippen molar-refractivity contribution in [3.05, 3.63) is 24.0 Å². The van der Waals surface area contributed by atoms with E-state index < -0.39 is 5.60 Å². The van der Waals surface area contributed by atoms with Crippen LogP contribution < -0.4 is 16.1 Å². The SMILES string of the molecule is CCC(COC(C)(C)/C=N/NC(=O)CCCC[C@@H]1SCC2NC(=O)NC21)n1cc(CN2C(=O)C=CC2=O)nn1. The Labute approximate surface area is 231 Å². The van der Waals surface area contributed by atoms with E-state index in [2.05, 4.69) is 31.5 Å². The van der Waals surface area contributed by atoms with Crippen LogP contribution in [0.25, 0.3) is 0 Å². The third-order valence-corrected chi connectivity index (χ3v) is 8.43. The van der Waals surface area contributed by atoms with E-state index >= 15 is 0 Å². The number of hydrogen-bond acceptors (Lipinski definition) is 9. The van der Waals surface area contributed by atoms with E-state index in [-0.39, 0.29) is 48.4 Å². The van der Waals surface area contributed by atoms with Gasteiger partial charge in [-0.05, 0) is 33.1 Å². The smallest absolute Gasteiger partial charge is 0.315 e. The Bertz CT molecular complexity index is 1120. The maximum Gasteiger partial charge on any atom is 0.315 e. The quantitative estimate of drug-likeness (QED) is 0.101. The Morgan fingerprint density at radius 1 is 1.28 bits per heavy atom. The molecule has 3 unspecified atom stereocenters. The molecule has 14 heteroatoms. The number of unbranched alkanes of at least 4 members (excludes halogenated alkanes) is 1. The van der Waals surface area contributed by atoms with Crippen molar-refractivity contribution in [2.45, 2.75) is 88.4 Å². The maximum atomic E-state index is 12.2. The van der Waals surface area contributed by atoms with E-state index in [0.717, 1.165) is 36.3 Å². The lowest BCUT2D eigenvalue weighted by Crippen LogP contribution is -2.36. The third-order valence-electron chi connectivity index (χ3n) is 6.92. The van der Waals surface area contributed by atoms with E-state index in [0.29, 0.717) is 24.0 Å². The van der Waals surface area contributed by atoms with Crippen molar-refractivity contribution in [1.29, 1.82) is 0 Å². The van der Waals surface area contributed by atoms with E-state index in [1.54, 1.807) is 17.1 Å². The van der Waals surface area contributed by atoms with Gasteiger partial charge < -0.3 is 15.4 Å². The molecule has 1 aromatic rings. The monoisotopic (exact) mass is 560 g/mol. The van der Waals surface area contributed by atoms with Crippen molar-refractivity contribution in [3.8, 4) is 0 Å². The van der Waals surface area contributed by atoms with Gasteiger partial charge in [-0.3, -0.25) is 19.3 Å². The fourth-order valence-corrected chi connectivity index (χ4v) is 6.18. The molecule has 3 aliphatic rings. The number of carbonyl (C=O) groups is 4. The molecule has 0 radical (unpaired) electrons. The van der Waals surface area contributed by atoms with Crippen molar-refractivity contribution in [2.75, 3.05) is 12.4 Å². The molecule has 1 aromatic heterocycles. The number of amides is 5. The molecule has 5 amide bonds. The van der Waals surface area contributed by atoms with Crippen LogP contribution in [0.3, 0.4) is 0 Å². The van der Waals surface area contributed by atoms with E-state index in [9.17, 15) is 19.2 Å². The Morgan fingerprint density at radius 2 is 2.05 bits per heavy atom. The highest BCUT2D eigenvalue weighted by Gasteiger charge is 2.42. The second-order valence-electron chi connectivity index (χ2n) is 10.4. The average molecular weight is 561 g/mol. The minimum Gasteiger partial charge on any atom is -0.368 e. The summed E-state index contributed by atoms with van der Waals surface area (Å²) in [5.74, 6) is 0.0530. The Balaban J connectivity index is 1.14. The number of imide groups is 1. The van der Waals surface area contributed by atoms with Gasteiger partial charge in [-0.1, -0.05) is 18.6 Å². The highest BCUT2D eigenvalue weighted by atomic mass is 32.2. The summed E-state index contributed by atoms with van der Waals surface area (Å²) in [5, 5.41) is 18.6. The highest BCUT2D eigenvalue weighted by molar-refractivity contribution is 8.00. The minimum absolute atomic E-state index is 0.0655. The second kappa shape index (κ2) is 12.7. The van der Waals surface area contributed by atoms with Gasteiger partial charge in [0.25, 0.3) is 11.8 Å². The van der Waals surface area contributed by atoms with Crippen LogP contribution in [0.5, 0.6) is 0 Å². The van der Waals surface area contributed by atoms with Crippen LogP contribution in [0.4, 0.5) is 4.79 Å². The number of fused-ring (bicyclic) bond motifs is 1. The number of aromatic nitrogens is 3. The first-order valence-corrected chi connectivity index (χ1v) is 14.3. The average Bonchev–Trinajstić information content (AvgIpc) is 3.65. The van der Waals surface area contributed by atoms with Gasteiger partial charge in [0.2, 0.25) is 5.91 Å². The van der Waals surface area contributed by atoms with Crippen LogP contribution in [0.2, 0.25) is 0 Å². The molecule has 39 heavy (non-hydrogen) atoms. The van der Waals surface area contributed by atoms with Crippen molar-refractivity contribution in [1.82, 2.24) is 36.0 Å². The second-order valence-corrected chi connectivity index (χ2v) is 11.7. The molecule has 2 saturated heterocycles. The van der Waals surface area contributed by atoms with Gasteiger partial charge in [0, 0.05) is 29.6 Å². The summed E-state index contributed by atoms with van der Waals surface area (Å²) in [7, 11) is 0. The molecular formula is C25H36N8O5S. The van der Waals surface area contributed by atoms with Crippen LogP contribution in [-0.4, -0.2) is 85.2 Å². The van der Waals surface area contributed by atoms with E-state index in [1.165, 1.54) is 12.2 Å². The summed E-state index contributed by atoms with van der Waals surface area (Å²) < 4.78 is 7.71. The van der Waals surface area contributed by atoms with E-state index in [1.807, 2.05) is 32.5 Å². The predicted molar refractivity (Wildman–Crippen MR) is 145 cm³/mol. The lowest BCUT2D eigenvalue weighted by Gasteiger charge is -2.24. The number of hydrazone groups is 1. The van der Waals surface area contributed by atoms with Crippen LogP contribution in [0.15, 0.2) is 23.5 Å². The van der Waals surface area contributed by atoms with Crippen LogP contribution in [0.1, 0.15) is 64.6 Å². The zero-order chi connectivity index (χ0) is 28.0. The van der Waals surface area contributed by atoms with Crippen LogP contribution in [0, 0.1) is 0 Å². The summed E-state index contributed by atoms with van der Waals surface area (Å²) in [4.78, 5) is 48.4. The van der Waals surface area contributed by atoms with Gasteiger partial charge in [-0.25, -0.2) is 14.9 Å². The van der Waals surface area contributed by atoms with Gasteiger partial charge in [-0.2, -0.15) is 16.9 Å². The molecule has 0 saturated carbocycles. The number of hydrogen-bond donors (Lipinski definition) is 3. The van der Waals surface area contributed by atoms with Gasteiger partial charge in [0.05, 0.1) is 49.3 Å². The third kappa shape index (κ3) is 7.66. The highest BCUT2D eigenvalue weighted by Crippen LogP contribution is 2.33. The fourth-order valence-electron chi connectivity index (χ4n) is 4.63. The molecule has 0 spiro atoms. The summed E-state index contributed by atoms with van der Waals surface area (Å²) in [6.45, 7) is 6.09. The predicted octanol–water partition coefficient (Wildman–Crippen LogP) is 1.28. The first-order valence-electron chi connectivity index (χ1n) is 13.2. The van der Waals surface area contributed by atoms with Crippen molar-refractivity contribution in [3.63, 3.8) is 0 Å². The van der Waals surface area contributed by atoms with Crippen molar-refractivity contribution in [2.24, 2.45) is 5.10 Å². The van der Waals surface area contributed by atoms with Crippen LogP contribution >= 0.6 is 11.8 Å². The van der Waals surface area contributed by atoms with Crippen molar-refractivity contribution < 1.29 is 23.9 Å². The summed E-state index contributed by atoms with van der Waals surface area (Å²) >= 11 is 1.87. The molecule has 3 aliphatic heterocycles. The number of thioether (sulfide) groups is 1. The minimum atomic E-state index is -0.736. The molecule has 0 aromatic carbocycles. The normalized spacial score (nSPS) is 23.4. The largest absolute Gasteiger partial charge is 0.368 e. The molecule has 0 bridgehead atoms. The fraction of sp³-hybridized carbons (Fsp3) is 0.640. The topological polar surface area (TPSA) is 160 Å². The van der Waals surface area contributed by atoms with E-state index in [4.69, 9.17) is 4.74 Å². The number of carbonyl (C=O) groups excluding carboxylic acids is 4. The number of ether oxygens (including phenoxy) is 1. The Kier molecular flexibility index (Phi) is 9.38. The lowest BCUT2D eigenvalue weighted by atomic mass is 10.0. The molecular weight excluding hydrogens is 524 g/mol. The first-order chi connectivity index (χ1) is 18.6. The standard InChI is InChI=1S/C25H36N8O5S/c1-4-17(33-12-16(29-31-33)11-32-21(35)9-10-22(32)36)13-38-25(2,3)15-26-30-20(34)8-6-5-7-19-23-18(14-39-19)27-24(37)28-23/h9-10,12,15,17-19,23H,4-8,11,13-14H2,1-3H3,(H,30,34)(H2,27,28,37)/b26-15+/t17?,18?,19-,23?/m0/s1. The summed E-state index contributed by atoms with van der Waals surface area (Å²) in [6, 6.07) is 0.207. The molecule has 4 atom stereocenters. The number of nitrogens with zero attached hydrogens (tertiary/aromatic N) is 5. The maximum absolute atomic E-state index is 12.2. The molecule has 4 rings (SSSR count). The Morgan fingerprint density at radius 3 is 2.79 bits per heavy atom. The number of nitrogens with one attached hydrogen (secondary N) is 3. The molecule has 3 N–H and O–H groups in total. The summed E-state index contributed by atoms with van der Waals surface area (Å²) in [5.41, 5.74) is 2.35. The first kappa shape index (κ1) is 28.7. The molecule has 2 fully saturated rings. The van der Waals surface area contributed by atoms with Gasteiger partial charge in [0.15, 0.2) is 0 Å². The van der Waals surface area contributed by atoms with Gasteiger partial charge >= 0.3 is 6.03 Å². The molecule has 212 valence electrons.